The lowest BCUT2D eigenvalue weighted by atomic mass is 9.90. The lowest BCUT2D eigenvalue weighted by Gasteiger charge is -2.30. The molecule has 0 saturated heterocycles. The Morgan fingerprint density at radius 2 is 1.25 bits per heavy atom. The Balaban J connectivity index is 3.09. The maximum atomic E-state index is 14.0. The zero-order chi connectivity index (χ0) is 21.7. The molecule has 14 heteroatoms. The van der Waals surface area contributed by atoms with Crippen molar-refractivity contribution < 1.29 is 58.6 Å². The SMILES string of the molecule is OB(O)Oc1c(C(F)(F)C(F)(F)F)c(C(F)(F)C(F)(F)F)cc2ccccc12. The van der Waals surface area contributed by atoms with E-state index < -0.39 is 59.2 Å². The summed E-state index contributed by atoms with van der Waals surface area (Å²) in [6, 6.07) is 3.50. The van der Waals surface area contributed by atoms with Gasteiger partial charge in [-0.3, -0.25) is 0 Å². The normalized spacial score (nSPS) is 13.7. The van der Waals surface area contributed by atoms with E-state index in [-0.39, 0.29) is 6.07 Å². The van der Waals surface area contributed by atoms with Crippen molar-refractivity contribution in [2.45, 2.75) is 24.2 Å². The van der Waals surface area contributed by atoms with Gasteiger partial charge in [-0.1, -0.05) is 24.3 Å². The first-order valence-corrected chi connectivity index (χ1v) is 7.00. The average Bonchev–Trinajstić information content (AvgIpc) is 2.51. The lowest BCUT2D eigenvalue weighted by molar-refractivity contribution is -0.301. The third kappa shape index (κ3) is 3.57. The van der Waals surface area contributed by atoms with Crippen molar-refractivity contribution >= 4 is 18.1 Å². The number of halogens is 10. The smallest absolute Gasteiger partial charge is 0.511 e. The zero-order valence-electron chi connectivity index (χ0n) is 13.0. The molecule has 0 spiro atoms. The third-order valence-corrected chi connectivity index (χ3v) is 3.59. The lowest BCUT2D eigenvalue weighted by Crippen LogP contribution is -2.41. The summed E-state index contributed by atoms with van der Waals surface area (Å²) in [6.07, 6.45) is -13.1. The summed E-state index contributed by atoms with van der Waals surface area (Å²) in [5.41, 5.74) is -5.62. The standard InChI is InChI=1S/C14H7BF10O3/c16-11(17,13(20,21)22)8-5-6-3-1-2-4-7(6)10(28-15(26)27)9(8)12(18,19)14(23,24)25/h1-5,26-27H. The van der Waals surface area contributed by atoms with E-state index in [2.05, 4.69) is 4.65 Å². The number of fused-ring (bicyclic) bond motifs is 1. The Labute approximate surface area is 149 Å². The van der Waals surface area contributed by atoms with Crippen molar-refractivity contribution in [3.63, 3.8) is 0 Å². The molecule has 2 rings (SSSR count). The van der Waals surface area contributed by atoms with Gasteiger partial charge in [-0.25, -0.2) is 0 Å². The largest absolute Gasteiger partial charge is 0.707 e. The minimum absolute atomic E-state index is 0.186. The highest BCUT2D eigenvalue weighted by atomic mass is 19.4. The second-order valence-electron chi connectivity index (χ2n) is 5.44. The number of hydrogen-bond donors (Lipinski definition) is 2. The first kappa shape index (κ1) is 22.1. The Morgan fingerprint density at radius 1 is 0.750 bits per heavy atom. The van der Waals surface area contributed by atoms with Gasteiger partial charge in [0.15, 0.2) is 0 Å². The maximum Gasteiger partial charge on any atom is 0.707 e. The molecular weight excluding hydrogens is 417 g/mol. The van der Waals surface area contributed by atoms with Gasteiger partial charge in [0.2, 0.25) is 0 Å². The number of hydrogen-bond acceptors (Lipinski definition) is 3. The van der Waals surface area contributed by atoms with E-state index in [1.165, 1.54) is 0 Å². The van der Waals surface area contributed by atoms with Gasteiger partial charge in [0.25, 0.3) is 0 Å². The summed E-state index contributed by atoms with van der Waals surface area (Å²) in [5.74, 6) is -14.3. The highest BCUT2D eigenvalue weighted by Crippen LogP contribution is 2.56. The van der Waals surface area contributed by atoms with Crippen LogP contribution in [0.5, 0.6) is 5.75 Å². The summed E-state index contributed by atoms with van der Waals surface area (Å²) in [7, 11) is -3.10. The zero-order valence-corrected chi connectivity index (χ0v) is 13.0. The first-order chi connectivity index (χ1) is 12.5. The van der Waals surface area contributed by atoms with Crippen LogP contribution < -0.4 is 4.65 Å². The van der Waals surface area contributed by atoms with Crippen molar-refractivity contribution in [3.8, 4) is 5.75 Å². The molecular formula is C14H7BF10O3. The Morgan fingerprint density at radius 3 is 1.71 bits per heavy atom. The predicted molar refractivity (Wildman–Crippen MR) is 74.7 cm³/mol. The van der Waals surface area contributed by atoms with E-state index in [4.69, 9.17) is 10.0 Å². The molecule has 0 saturated carbocycles. The highest BCUT2D eigenvalue weighted by Gasteiger charge is 2.67. The predicted octanol–water partition coefficient (Wildman–Crippen LogP) is 4.50. The van der Waals surface area contributed by atoms with Crippen LogP contribution in [-0.2, 0) is 11.8 Å². The van der Waals surface area contributed by atoms with Crippen LogP contribution in [0, 0.1) is 0 Å². The van der Waals surface area contributed by atoms with Crippen molar-refractivity contribution in [1.82, 2.24) is 0 Å². The van der Waals surface area contributed by atoms with Crippen LogP contribution in [0.2, 0.25) is 0 Å². The van der Waals surface area contributed by atoms with Crippen LogP contribution in [0.1, 0.15) is 11.1 Å². The molecule has 0 aromatic heterocycles. The van der Waals surface area contributed by atoms with E-state index in [0.29, 0.717) is 0 Å². The van der Waals surface area contributed by atoms with E-state index in [9.17, 15) is 43.9 Å². The van der Waals surface area contributed by atoms with E-state index in [1.807, 2.05) is 0 Å². The quantitative estimate of drug-likeness (QED) is 0.562. The van der Waals surface area contributed by atoms with Gasteiger partial charge >= 0.3 is 31.5 Å². The molecule has 0 aliphatic rings. The minimum Gasteiger partial charge on any atom is -0.511 e. The minimum atomic E-state index is -6.61. The Hall–Kier alpha value is -2.22. The van der Waals surface area contributed by atoms with Gasteiger partial charge < -0.3 is 14.7 Å². The molecule has 0 amide bonds. The molecule has 28 heavy (non-hydrogen) atoms. The van der Waals surface area contributed by atoms with Gasteiger partial charge in [0.1, 0.15) is 5.75 Å². The number of benzene rings is 2. The monoisotopic (exact) mass is 424 g/mol. The average molecular weight is 424 g/mol. The fourth-order valence-electron chi connectivity index (χ4n) is 2.40. The van der Waals surface area contributed by atoms with E-state index in [0.717, 1.165) is 24.3 Å². The van der Waals surface area contributed by atoms with Crippen LogP contribution in [-0.4, -0.2) is 29.7 Å². The van der Waals surface area contributed by atoms with Crippen molar-refractivity contribution in [2.24, 2.45) is 0 Å². The summed E-state index contributed by atoms with van der Waals surface area (Å²) in [4.78, 5) is 0. The molecule has 0 bridgehead atoms. The molecule has 0 radical (unpaired) electrons. The Kier molecular flexibility index (Phi) is 5.27. The van der Waals surface area contributed by atoms with Crippen LogP contribution in [0.15, 0.2) is 30.3 Å². The second kappa shape index (κ2) is 6.69. The third-order valence-electron chi connectivity index (χ3n) is 3.59. The summed E-state index contributed by atoms with van der Waals surface area (Å²) in [5, 5.41) is 16.2. The molecule has 2 aromatic carbocycles. The molecule has 154 valence electrons. The fourth-order valence-corrected chi connectivity index (χ4v) is 2.40. The molecule has 0 atom stereocenters. The molecule has 2 N–H and O–H groups in total. The Bertz CT molecular complexity index is 876. The fraction of sp³-hybridized carbons (Fsp3) is 0.286. The highest BCUT2D eigenvalue weighted by molar-refractivity contribution is 6.34. The molecule has 0 fully saturated rings. The maximum absolute atomic E-state index is 14.0. The molecule has 2 aromatic rings. The van der Waals surface area contributed by atoms with E-state index in [1.54, 1.807) is 0 Å². The molecule has 0 aliphatic heterocycles. The number of rotatable bonds is 4. The van der Waals surface area contributed by atoms with Crippen LogP contribution >= 0.6 is 0 Å². The van der Waals surface area contributed by atoms with Crippen LogP contribution in [0.25, 0.3) is 10.8 Å². The van der Waals surface area contributed by atoms with E-state index >= 15 is 0 Å². The molecule has 3 nitrogen and oxygen atoms in total. The second-order valence-corrected chi connectivity index (χ2v) is 5.44. The number of alkyl halides is 10. The van der Waals surface area contributed by atoms with Gasteiger partial charge in [-0.2, -0.15) is 43.9 Å². The van der Waals surface area contributed by atoms with Crippen molar-refractivity contribution in [3.05, 3.63) is 41.5 Å². The summed E-state index contributed by atoms with van der Waals surface area (Å²) < 4.78 is 137. The molecule has 0 heterocycles. The molecule has 0 aliphatic carbocycles. The van der Waals surface area contributed by atoms with Gasteiger partial charge in [-0.05, 0) is 11.5 Å². The van der Waals surface area contributed by atoms with Crippen molar-refractivity contribution in [1.29, 1.82) is 0 Å². The van der Waals surface area contributed by atoms with Gasteiger partial charge in [0, 0.05) is 10.9 Å². The van der Waals surface area contributed by atoms with Gasteiger partial charge in [-0.15, -0.1) is 0 Å². The van der Waals surface area contributed by atoms with Crippen molar-refractivity contribution in [2.75, 3.05) is 0 Å². The molecule has 0 unspecified atom stereocenters. The first-order valence-electron chi connectivity index (χ1n) is 7.00. The van der Waals surface area contributed by atoms with Crippen LogP contribution in [0.4, 0.5) is 43.9 Å². The summed E-state index contributed by atoms with van der Waals surface area (Å²) >= 11 is 0. The summed E-state index contributed by atoms with van der Waals surface area (Å²) in [6.45, 7) is 0. The van der Waals surface area contributed by atoms with Gasteiger partial charge in [0.05, 0.1) is 5.56 Å². The van der Waals surface area contributed by atoms with Crippen LogP contribution in [0.3, 0.4) is 0 Å². The topological polar surface area (TPSA) is 49.7 Å².